The van der Waals surface area contributed by atoms with Gasteiger partial charge < -0.3 is 10.1 Å². The number of benzene rings is 2. The van der Waals surface area contributed by atoms with Gasteiger partial charge in [0.25, 0.3) is 5.91 Å². The number of hydrogen-bond donors (Lipinski definition) is 1. The van der Waals surface area contributed by atoms with Crippen LogP contribution < -0.4 is 10.1 Å². The van der Waals surface area contributed by atoms with Gasteiger partial charge in [0.1, 0.15) is 24.0 Å². The van der Waals surface area contributed by atoms with Crippen molar-refractivity contribution in [3.8, 4) is 24.2 Å². The van der Waals surface area contributed by atoms with Crippen molar-refractivity contribution in [3.63, 3.8) is 0 Å². The zero-order valence-electron chi connectivity index (χ0n) is 14.2. The third-order valence-electron chi connectivity index (χ3n) is 3.42. The number of rotatable bonds is 5. The maximum atomic E-state index is 12.8. The summed E-state index contributed by atoms with van der Waals surface area (Å²) in [6.07, 6.45) is 1.78. The van der Waals surface area contributed by atoms with E-state index in [1.54, 1.807) is 30.3 Å². The first-order chi connectivity index (χ1) is 13.2. The molecular formula is C20H12ClF3N2O2. The summed E-state index contributed by atoms with van der Waals surface area (Å²) in [5.41, 5.74) is -1.03. The number of amides is 1. The average molecular weight is 405 g/mol. The number of hydrogen-bond acceptors (Lipinski definition) is 3. The molecule has 0 aliphatic rings. The molecule has 0 saturated heterocycles. The lowest BCUT2D eigenvalue weighted by molar-refractivity contribution is -0.137. The van der Waals surface area contributed by atoms with Crippen LogP contribution in [0.4, 0.5) is 18.9 Å². The van der Waals surface area contributed by atoms with E-state index in [1.165, 1.54) is 6.08 Å². The molecule has 0 heterocycles. The highest BCUT2D eigenvalue weighted by Crippen LogP contribution is 2.34. The van der Waals surface area contributed by atoms with E-state index in [4.69, 9.17) is 22.8 Å². The van der Waals surface area contributed by atoms with Gasteiger partial charge in [0.15, 0.2) is 0 Å². The second-order valence-electron chi connectivity index (χ2n) is 5.38. The SMILES string of the molecule is C#CCOc1ccc(/C=C(\C#N)C(=O)Nc2cc(C(F)(F)F)ccc2Cl)cc1. The zero-order valence-corrected chi connectivity index (χ0v) is 14.9. The predicted octanol–water partition coefficient (Wildman–Crippen LogP) is 4.92. The summed E-state index contributed by atoms with van der Waals surface area (Å²) < 4.78 is 43.7. The van der Waals surface area contributed by atoms with E-state index in [-0.39, 0.29) is 22.9 Å². The fourth-order valence-corrected chi connectivity index (χ4v) is 2.25. The lowest BCUT2D eigenvalue weighted by Crippen LogP contribution is -2.15. The van der Waals surface area contributed by atoms with Crippen LogP contribution in [-0.4, -0.2) is 12.5 Å². The van der Waals surface area contributed by atoms with Crippen molar-refractivity contribution in [2.24, 2.45) is 0 Å². The van der Waals surface area contributed by atoms with Crippen LogP contribution in [0.3, 0.4) is 0 Å². The van der Waals surface area contributed by atoms with Gasteiger partial charge in [-0.1, -0.05) is 29.7 Å². The first kappa shape index (κ1) is 20.9. The van der Waals surface area contributed by atoms with Crippen LogP contribution in [0.25, 0.3) is 6.08 Å². The van der Waals surface area contributed by atoms with E-state index >= 15 is 0 Å². The molecule has 0 aliphatic carbocycles. The van der Waals surface area contributed by atoms with Gasteiger partial charge in [-0.05, 0) is 42.0 Å². The van der Waals surface area contributed by atoms with E-state index in [0.29, 0.717) is 17.4 Å². The number of alkyl halides is 3. The number of nitrogens with one attached hydrogen (secondary N) is 1. The standard InChI is InChI=1S/C20H12ClF3N2O2/c1-2-9-28-16-6-3-13(4-7-16)10-14(12-25)19(27)26-18-11-15(20(22,23)24)5-8-17(18)21/h1,3-8,10-11H,9H2,(H,26,27)/b14-10+. The van der Waals surface area contributed by atoms with E-state index < -0.39 is 17.6 Å². The summed E-state index contributed by atoms with van der Waals surface area (Å²) in [7, 11) is 0. The van der Waals surface area contributed by atoms with Crippen molar-refractivity contribution < 1.29 is 22.7 Å². The van der Waals surface area contributed by atoms with Gasteiger partial charge >= 0.3 is 6.18 Å². The predicted molar refractivity (Wildman–Crippen MR) is 99.4 cm³/mol. The van der Waals surface area contributed by atoms with Gasteiger partial charge in [0, 0.05) is 0 Å². The Bertz CT molecular complexity index is 984. The number of nitriles is 1. The maximum absolute atomic E-state index is 12.8. The number of carbonyl (C=O) groups is 1. The van der Waals surface area contributed by atoms with Crippen molar-refractivity contribution in [1.29, 1.82) is 5.26 Å². The molecule has 0 bridgehead atoms. The number of halogens is 4. The minimum absolute atomic E-state index is 0.0892. The number of carbonyl (C=O) groups excluding carboxylic acids is 1. The quantitative estimate of drug-likeness (QED) is 0.437. The lowest BCUT2D eigenvalue weighted by atomic mass is 10.1. The normalized spacial score (nSPS) is 11.3. The summed E-state index contributed by atoms with van der Waals surface area (Å²) >= 11 is 5.85. The van der Waals surface area contributed by atoms with Gasteiger partial charge in [-0.2, -0.15) is 18.4 Å². The second kappa shape index (κ2) is 8.98. The number of nitrogens with zero attached hydrogens (tertiary/aromatic N) is 1. The first-order valence-corrected chi connectivity index (χ1v) is 8.08. The summed E-state index contributed by atoms with van der Waals surface area (Å²) in [5.74, 6) is 1.93. The van der Waals surface area contributed by atoms with E-state index in [2.05, 4.69) is 11.2 Å². The molecule has 0 aromatic heterocycles. The minimum Gasteiger partial charge on any atom is -0.481 e. The molecule has 0 saturated carbocycles. The van der Waals surface area contributed by atoms with Crippen LogP contribution in [0.2, 0.25) is 5.02 Å². The largest absolute Gasteiger partial charge is 0.481 e. The Morgan fingerprint density at radius 1 is 1.25 bits per heavy atom. The van der Waals surface area contributed by atoms with Gasteiger partial charge in [-0.3, -0.25) is 4.79 Å². The van der Waals surface area contributed by atoms with E-state index in [9.17, 15) is 23.2 Å². The molecule has 4 nitrogen and oxygen atoms in total. The maximum Gasteiger partial charge on any atom is 0.416 e. The van der Waals surface area contributed by atoms with Crippen LogP contribution in [0.1, 0.15) is 11.1 Å². The molecule has 0 atom stereocenters. The number of anilines is 1. The van der Waals surface area contributed by atoms with Crippen molar-refractivity contribution in [2.45, 2.75) is 6.18 Å². The molecule has 0 radical (unpaired) electrons. The van der Waals surface area contributed by atoms with Crippen LogP contribution in [0.15, 0.2) is 48.0 Å². The van der Waals surface area contributed by atoms with Gasteiger partial charge in [0.2, 0.25) is 0 Å². The Labute approximate surface area is 164 Å². The molecular weight excluding hydrogens is 393 g/mol. The minimum atomic E-state index is -4.60. The Morgan fingerprint density at radius 2 is 1.93 bits per heavy atom. The van der Waals surface area contributed by atoms with Crippen molar-refractivity contribution in [1.82, 2.24) is 0 Å². The molecule has 2 rings (SSSR count). The van der Waals surface area contributed by atoms with E-state index in [1.807, 2.05) is 0 Å². The van der Waals surface area contributed by atoms with Gasteiger partial charge in [-0.15, -0.1) is 6.42 Å². The zero-order chi connectivity index (χ0) is 20.7. The molecule has 28 heavy (non-hydrogen) atoms. The highest BCUT2D eigenvalue weighted by molar-refractivity contribution is 6.34. The Hall–Kier alpha value is -3.42. The fraction of sp³-hybridized carbons (Fsp3) is 0.100. The van der Waals surface area contributed by atoms with Crippen LogP contribution in [-0.2, 0) is 11.0 Å². The van der Waals surface area contributed by atoms with Crippen LogP contribution >= 0.6 is 11.6 Å². The second-order valence-corrected chi connectivity index (χ2v) is 5.79. The molecule has 2 aromatic rings. The van der Waals surface area contributed by atoms with Crippen molar-refractivity contribution in [2.75, 3.05) is 11.9 Å². The summed E-state index contributed by atoms with van der Waals surface area (Å²) in [5, 5.41) is 11.4. The first-order valence-electron chi connectivity index (χ1n) is 7.71. The van der Waals surface area contributed by atoms with Gasteiger partial charge in [-0.25, -0.2) is 0 Å². The molecule has 0 fully saturated rings. The average Bonchev–Trinajstić information content (AvgIpc) is 2.66. The lowest BCUT2D eigenvalue weighted by Gasteiger charge is -2.11. The Kier molecular flexibility index (Phi) is 6.70. The number of terminal acetylenes is 1. The number of ether oxygens (including phenoxy) is 1. The smallest absolute Gasteiger partial charge is 0.416 e. The Morgan fingerprint density at radius 3 is 2.50 bits per heavy atom. The third kappa shape index (κ3) is 5.54. The topological polar surface area (TPSA) is 62.1 Å². The van der Waals surface area contributed by atoms with Crippen molar-refractivity contribution in [3.05, 3.63) is 64.2 Å². The molecule has 1 N–H and O–H groups in total. The molecule has 0 aliphatic heterocycles. The monoisotopic (exact) mass is 404 g/mol. The molecule has 0 unspecified atom stereocenters. The van der Waals surface area contributed by atoms with Crippen molar-refractivity contribution >= 4 is 29.3 Å². The summed E-state index contributed by atoms with van der Waals surface area (Å²) in [6, 6.07) is 10.6. The summed E-state index contributed by atoms with van der Waals surface area (Å²) in [4.78, 5) is 12.3. The molecule has 2 aromatic carbocycles. The molecule has 0 spiro atoms. The summed E-state index contributed by atoms with van der Waals surface area (Å²) in [6.45, 7) is 0.0960. The fourth-order valence-electron chi connectivity index (χ4n) is 2.09. The highest BCUT2D eigenvalue weighted by Gasteiger charge is 2.31. The van der Waals surface area contributed by atoms with Crippen LogP contribution in [0, 0.1) is 23.7 Å². The van der Waals surface area contributed by atoms with E-state index in [0.717, 1.165) is 12.1 Å². The third-order valence-corrected chi connectivity index (χ3v) is 3.75. The van der Waals surface area contributed by atoms with Crippen LogP contribution in [0.5, 0.6) is 5.75 Å². The molecule has 8 heteroatoms. The van der Waals surface area contributed by atoms with Gasteiger partial charge in [0.05, 0.1) is 16.3 Å². The molecule has 1 amide bonds. The Balaban J connectivity index is 2.21. The molecule has 142 valence electrons. The highest BCUT2D eigenvalue weighted by atomic mass is 35.5.